The van der Waals surface area contributed by atoms with Crippen molar-refractivity contribution in [1.82, 2.24) is 10.2 Å². The zero-order valence-electron chi connectivity index (χ0n) is 19.8. The normalized spacial score (nSPS) is 23.4. The molecule has 2 fully saturated rings. The number of carbonyl (C=O) groups excluding carboxylic acids is 2. The summed E-state index contributed by atoms with van der Waals surface area (Å²) in [5, 5.41) is 12.4. The van der Waals surface area contributed by atoms with Gasteiger partial charge in [-0.3, -0.25) is 4.79 Å². The molecule has 1 saturated heterocycles. The van der Waals surface area contributed by atoms with Crippen molar-refractivity contribution in [2.24, 2.45) is 11.8 Å². The molecular weight excluding hydrogens is 444 g/mol. The summed E-state index contributed by atoms with van der Waals surface area (Å²) in [6, 6.07) is 15.7. The fourth-order valence-corrected chi connectivity index (χ4v) is 6.14. The molecule has 0 spiro atoms. The summed E-state index contributed by atoms with van der Waals surface area (Å²) in [6.45, 7) is 1.11. The van der Waals surface area contributed by atoms with Gasteiger partial charge in [-0.05, 0) is 53.9 Å². The molecule has 184 valence electrons. The molecule has 1 saturated carbocycles. The van der Waals surface area contributed by atoms with Crippen molar-refractivity contribution in [2.75, 3.05) is 19.7 Å². The molecule has 0 aromatic heterocycles. The summed E-state index contributed by atoms with van der Waals surface area (Å²) in [5.74, 6) is -1.27. The second-order valence-corrected chi connectivity index (χ2v) is 9.89. The van der Waals surface area contributed by atoms with Gasteiger partial charge < -0.3 is 20.1 Å². The molecule has 2 aliphatic carbocycles. The summed E-state index contributed by atoms with van der Waals surface area (Å²) in [6.07, 6.45) is 4.28. The zero-order valence-corrected chi connectivity index (χ0v) is 19.8. The average Bonchev–Trinajstić information content (AvgIpc) is 3.50. The first kappa shape index (κ1) is 23.4. The number of carboxylic acids is 1. The van der Waals surface area contributed by atoms with Crippen molar-refractivity contribution in [1.29, 1.82) is 0 Å². The van der Waals surface area contributed by atoms with Crippen LogP contribution in [0.5, 0.6) is 0 Å². The van der Waals surface area contributed by atoms with E-state index in [-0.39, 0.29) is 30.3 Å². The lowest BCUT2D eigenvalue weighted by molar-refractivity contribution is -0.151. The number of carboxylic acid groups (broad SMARTS) is 1. The number of hydrogen-bond donors (Lipinski definition) is 2. The third kappa shape index (κ3) is 4.64. The lowest BCUT2D eigenvalue weighted by atomic mass is 9.78. The van der Waals surface area contributed by atoms with Gasteiger partial charge in [0.15, 0.2) is 0 Å². The van der Waals surface area contributed by atoms with Gasteiger partial charge in [-0.25, -0.2) is 9.59 Å². The molecule has 1 aliphatic heterocycles. The van der Waals surface area contributed by atoms with Gasteiger partial charge in [0.1, 0.15) is 12.6 Å². The van der Waals surface area contributed by atoms with Gasteiger partial charge in [0.05, 0.1) is 0 Å². The van der Waals surface area contributed by atoms with E-state index in [9.17, 15) is 19.5 Å². The Morgan fingerprint density at radius 2 is 1.57 bits per heavy atom. The topological polar surface area (TPSA) is 95.9 Å². The molecule has 2 aromatic rings. The van der Waals surface area contributed by atoms with Crippen molar-refractivity contribution in [3.63, 3.8) is 0 Å². The van der Waals surface area contributed by atoms with Crippen molar-refractivity contribution in [2.45, 2.75) is 50.5 Å². The predicted octanol–water partition coefficient (Wildman–Crippen LogP) is 4.41. The van der Waals surface area contributed by atoms with Gasteiger partial charge in [0, 0.05) is 24.9 Å². The Bertz CT molecular complexity index is 1070. The van der Waals surface area contributed by atoms with Gasteiger partial charge in [-0.15, -0.1) is 0 Å². The number of nitrogens with zero attached hydrogens (tertiary/aromatic N) is 1. The highest BCUT2D eigenvalue weighted by molar-refractivity contribution is 5.86. The minimum atomic E-state index is -0.931. The number of hydrogen-bond acceptors (Lipinski definition) is 4. The monoisotopic (exact) mass is 476 g/mol. The van der Waals surface area contributed by atoms with Crippen LogP contribution in [0.2, 0.25) is 0 Å². The van der Waals surface area contributed by atoms with Crippen LogP contribution in [0.4, 0.5) is 4.79 Å². The Hall–Kier alpha value is -3.35. The molecule has 35 heavy (non-hydrogen) atoms. The van der Waals surface area contributed by atoms with Gasteiger partial charge in [-0.2, -0.15) is 0 Å². The summed E-state index contributed by atoms with van der Waals surface area (Å²) in [5.41, 5.74) is 4.69. The first-order valence-electron chi connectivity index (χ1n) is 12.7. The molecule has 5 rings (SSSR count). The number of fused-ring (bicyclic) bond motifs is 3. The fraction of sp³-hybridized carbons (Fsp3) is 0.464. The standard InChI is InChI=1S/C28H32N2O5/c31-26(30-15-7-14-25(30)27(32)33)19-9-2-1-8-18(19)16-29-28(34)35-17-24-22-12-5-3-10-20(22)21-11-4-6-13-23(21)24/h3-6,10-13,18-19,24-25H,1-2,7-9,14-17H2,(H,29,34)(H,32,33). The average molecular weight is 477 g/mol. The largest absolute Gasteiger partial charge is 0.480 e. The maximum Gasteiger partial charge on any atom is 0.407 e. The van der Waals surface area contributed by atoms with E-state index in [2.05, 4.69) is 29.6 Å². The third-order valence-electron chi connectivity index (χ3n) is 7.90. The molecular formula is C28H32N2O5. The number of ether oxygens (including phenoxy) is 1. The zero-order chi connectivity index (χ0) is 24.4. The Balaban J connectivity index is 1.19. The lowest BCUT2D eigenvalue weighted by Crippen LogP contribution is -2.47. The van der Waals surface area contributed by atoms with Crippen molar-refractivity contribution < 1.29 is 24.2 Å². The highest BCUT2D eigenvalue weighted by Crippen LogP contribution is 2.44. The molecule has 7 heteroatoms. The number of nitrogens with one attached hydrogen (secondary N) is 1. The van der Waals surface area contributed by atoms with Crippen molar-refractivity contribution in [3.8, 4) is 11.1 Å². The van der Waals surface area contributed by atoms with Gasteiger partial charge in [-0.1, -0.05) is 61.4 Å². The van der Waals surface area contributed by atoms with Crippen LogP contribution in [0, 0.1) is 11.8 Å². The molecule has 3 unspecified atom stereocenters. The Kier molecular flexibility index (Phi) is 6.75. The summed E-state index contributed by atoms with van der Waals surface area (Å²) in [4.78, 5) is 39.0. The number of amides is 2. The maximum absolute atomic E-state index is 13.2. The minimum Gasteiger partial charge on any atom is -0.480 e. The van der Waals surface area contributed by atoms with Crippen LogP contribution in [0.25, 0.3) is 11.1 Å². The predicted molar refractivity (Wildman–Crippen MR) is 131 cm³/mol. The van der Waals surface area contributed by atoms with Crippen molar-refractivity contribution in [3.05, 3.63) is 59.7 Å². The van der Waals surface area contributed by atoms with Gasteiger partial charge in [0.2, 0.25) is 5.91 Å². The second-order valence-electron chi connectivity index (χ2n) is 9.89. The number of rotatable bonds is 6. The highest BCUT2D eigenvalue weighted by atomic mass is 16.5. The number of carbonyl (C=O) groups is 3. The summed E-state index contributed by atoms with van der Waals surface area (Å²) in [7, 11) is 0. The first-order chi connectivity index (χ1) is 17.0. The Labute approximate surface area is 205 Å². The van der Waals surface area contributed by atoms with E-state index in [1.165, 1.54) is 11.1 Å². The van der Waals surface area contributed by atoms with E-state index >= 15 is 0 Å². The van der Waals surface area contributed by atoms with E-state index in [1.54, 1.807) is 4.90 Å². The molecule has 3 atom stereocenters. The molecule has 2 amide bonds. The molecule has 0 bridgehead atoms. The maximum atomic E-state index is 13.2. The van der Waals surface area contributed by atoms with Crippen LogP contribution in [-0.2, 0) is 14.3 Å². The number of likely N-dealkylation sites (tertiary alicyclic amines) is 1. The molecule has 2 aromatic carbocycles. The quantitative estimate of drug-likeness (QED) is 0.644. The van der Waals surface area contributed by atoms with E-state index in [4.69, 9.17) is 4.74 Å². The Morgan fingerprint density at radius 3 is 2.26 bits per heavy atom. The van der Waals surface area contributed by atoms with Gasteiger partial charge >= 0.3 is 12.1 Å². The van der Waals surface area contributed by atoms with Crippen LogP contribution in [0.1, 0.15) is 55.6 Å². The SMILES string of the molecule is O=C(NCC1CCCCC1C(=O)N1CCCC1C(=O)O)OCC1c2ccccc2-c2ccccc21. The van der Waals surface area contributed by atoms with Crippen LogP contribution in [0.15, 0.2) is 48.5 Å². The van der Waals surface area contributed by atoms with Crippen LogP contribution < -0.4 is 5.32 Å². The minimum absolute atomic E-state index is 0.000255. The summed E-state index contributed by atoms with van der Waals surface area (Å²) >= 11 is 0. The molecule has 7 nitrogen and oxygen atoms in total. The third-order valence-corrected chi connectivity index (χ3v) is 7.90. The van der Waals surface area contributed by atoms with E-state index in [0.717, 1.165) is 43.2 Å². The van der Waals surface area contributed by atoms with E-state index < -0.39 is 18.1 Å². The number of alkyl carbamates (subject to hydrolysis) is 1. The fourth-order valence-electron chi connectivity index (χ4n) is 6.14. The van der Waals surface area contributed by atoms with Crippen LogP contribution >= 0.6 is 0 Å². The number of benzene rings is 2. The van der Waals surface area contributed by atoms with E-state index in [0.29, 0.717) is 19.5 Å². The van der Waals surface area contributed by atoms with Crippen molar-refractivity contribution >= 4 is 18.0 Å². The van der Waals surface area contributed by atoms with E-state index in [1.807, 2.05) is 24.3 Å². The van der Waals surface area contributed by atoms with Crippen LogP contribution in [-0.4, -0.2) is 53.7 Å². The van der Waals surface area contributed by atoms with Gasteiger partial charge in [0.25, 0.3) is 0 Å². The molecule has 0 radical (unpaired) electrons. The highest BCUT2D eigenvalue weighted by Gasteiger charge is 2.40. The molecule has 3 aliphatic rings. The smallest absolute Gasteiger partial charge is 0.407 e. The number of aliphatic carboxylic acids is 1. The second kappa shape index (κ2) is 10.1. The van der Waals surface area contributed by atoms with Crippen LogP contribution in [0.3, 0.4) is 0 Å². The lowest BCUT2D eigenvalue weighted by Gasteiger charge is -2.34. The molecule has 1 heterocycles. The first-order valence-corrected chi connectivity index (χ1v) is 12.7. The Morgan fingerprint density at radius 1 is 0.914 bits per heavy atom. The summed E-state index contributed by atoms with van der Waals surface area (Å²) < 4.78 is 5.65. The molecule has 2 N–H and O–H groups in total.